The number of aliphatic hydroxyl groups is 1. The Morgan fingerprint density at radius 1 is 0.929 bits per heavy atom. The molecule has 0 unspecified atom stereocenters. The van der Waals surface area contributed by atoms with Gasteiger partial charge in [0, 0.05) is 17.7 Å². The average molecular weight is 370 g/mol. The summed E-state index contributed by atoms with van der Waals surface area (Å²) >= 11 is 0. The molecule has 140 valence electrons. The number of hydrogen-bond acceptors (Lipinski definition) is 4. The van der Waals surface area contributed by atoms with E-state index in [9.17, 15) is 9.90 Å². The van der Waals surface area contributed by atoms with Crippen LogP contribution < -0.4 is 0 Å². The lowest BCUT2D eigenvalue weighted by molar-refractivity contribution is 0.103. The number of carbonyl (C=O) groups excluding carboxylic acids is 1. The Kier molecular flexibility index (Phi) is 6.25. The Labute approximate surface area is 164 Å². The zero-order chi connectivity index (χ0) is 19.9. The third-order valence-corrected chi connectivity index (χ3v) is 4.38. The largest absolute Gasteiger partial charge is 0.396 e. The lowest BCUT2D eigenvalue weighted by Gasteiger charge is -2.16. The van der Waals surface area contributed by atoms with Crippen LogP contribution in [0.4, 0.5) is 11.4 Å². The van der Waals surface area contributed by atoms with Gasteiger partial charge in [0.2, 0.25) is 0 Å². The summed E-state index contributed by atoms with van der Waals surface area (Å²) in [5.74, 6) is -0.132. The number of rotatable bonds is 7. The smallest absolute Gasteiger partial charge is 0.188 e. The maximum atomic E-state index is 12.7. The number of azo groups is 1. The molecule has 0 amide bonds. The second-order valence-electron chi connectivity index (χ2n) is 6.47. The van der Waals surface area contributed by atoms with Crippen molar-refractivity contribution in [2.45, 2.75) is 13.3 Å². The molecule has 0 radical (unpaired) electrons. The molecule has 0 heterocycles. The maximum Gasteiger partial charge on any atom is 0.188 e. The zero-order valence-electron chi connectivity index (χ0n) is 15.8. The van der Waals surface area contributed by atoms with Crippen LogP contribution in [0.2, 0.25) is 0 Å². The van der Waals surface area contributed by atoms with Crippen molar-refractivity contribution in [2.24, 2.45) is 10.2 Å². The lowest BCUT2D eigenvalue weighted by atomic mass is 9.89. The van der Waals surface area contributed by atoms with Gasteiger partial charge in [-0.1, -0.05) is 55.1 Å². The molecule has 0 bridgehead atoms. The van der Waals surface area contributed by atoms with Gasteiger partial charge in [-0.15, -0.1) is 5.11 Å². The highest BCUT2D eigenvalue weighted by Crippen LogP contribution is 2.37. The first-order valence-electron chi connectivity index (χ1n) is 9.11. The van der Waals surface area contributed by atoms with Crippen molar-refractivity contribution in [3.05, 3.63) is 96.1 Å². The number of ketones is 1. The fourth-order valence-corrected chi connectivity index (χ4v) is 3.07. The SMILES string of the molecule is C=C(C)C(=O)c1ccc(N=Nc2ccccc2)c(-c2ccccc2)c1CCO. The number of carbonyl (C=O) groups is 1. The molecule has 0 aliphatic rings. The Balaban J connectivity index is 2.21. The standard InChI is InChI=1S/C24H22N2O2/c1-17(2)24(28)21-13-14-22(26-25-19-11-7-4-8-12-19)23(20(21)15-16-27)18-9-5-3-6-10-18/h3-14,27H,1,15-16H2,2H3. The molecule has 3 aromatic rings. The topological polar surface area (TPSA) is 62.0 Å². The van der Waals surface area contributed by atoms with Gasteiger partial charge in [-0.2, -0.15) is 5.11 Å². The molecule has 3 rings (SSSR count). The van der Waals surface area contributed by atoms with Crippen molar-refractivity contribution in [2.75, 3.05) is 6.61 Å². The third-order valence-electron chi connectivity index (χ3n) is 4.38. The van der Waals surface area contributed by atoms with Crippen molar-refractivity contribution in [3.63, 3.8) is 0 Å². The Morgan fingerprint density at radius 3 is 2.18 bits per heavy atom. The van der Waals surface area contributed by atoms with E-state index in [2.05, 4.69) is 16.8 Å². The van der Waals surface area contributed by atoms with Gasteiger partial charge < -0.3 is 5.11 Å². The van der Waals surface area contributed by atoms with E-state index >= 15 is 0 Å². The van der Waals surface area contributed by atoms with Gasteiger partial charge in [0.05, 0.1) is 11.4 Å². The van der Waals surface area contributed by atoms with Gasteiger partial charge in [-0.3, -0.25) is 4.79 Å². The first kappa shape index (κ1) is 19.4. The molecule has 0 aliphatic heterocycles. The van der Waals surface area contributed by atoms with Gasteiger partial charge in [0.1, 0.15) is 0 Å². The molecule has 0 aliphatic carbocycles. The van der Waals surface area contributed by atoms with Crippen LogP contribution in [0, 0.1) is 0 Å². The van der Waals surface area contributed by atoms with Crippen molar-refractivity contribution in [1.29, 1.82) is 0 Å². The number of hydrogen-bond donors (Lipinski definition) is 1. The summed E-state index contributed by atoms with van der Waals surface area (Å²) in [6, 6.07) is 22.7. The Morgan fingerprint density at radius 2 is 1.57 bits per heavy atom. The van der Waals surface area contributed by atoms with Gasteiger partial charge >= 0.3 is 0 Å². The lowest BCUT2D eigenvalue weighted by Crippen LogP contribution is -2.08. The van der Waals surface area contributed by atoms with Gasteiger partial charge in [0.25, 0.3) is 0 Å². The van der Waals surface area contributed by atoms with E-state index < -0.39 is 0 Å². The highest BCUT2D eigenvalue weighted by Gasteiger charge is 2.19. The number of nitrogens with zero attached hydrogens (tertiary/aromatic N) is 2. The van der Waals surface area contributed by atoms with Crippen LogP contribution in [0.5, 0.6) is 0 Å². The summed E-state index contributed by atoms with van der Waals surface area (Å²) in [7, 11) is 0. The fraction of sp³-hybridized carbons (Fsp3) is 0.125. The molecule has 1 N–H and O–H groups in total. The first-order chi connectivity index (χ1) is 13.6. The van der Waals surface area contributed by atoms with Crippen LogP contribution >= 0.6 is 0 Å². The maximum absolute atomic E-state index is 12.7. The van der Waals surface area contributed by atoms with Crippen molar-refractivity contribution >= 4 is 17.2 Å². The zero-order valence-corrected chi connectivity index (χ0v) is 15.8. The van der Waals surface area contributed by atoms with E-state index in [0.717, 1.165) is 22.4 Å². The van der Waals surface area contributed by atoms with Crippen LogP contribution in [0.25, 0.3) is 11.1 Å². The highest BCUT2D eigenvalue weighted by atomic mass is 16.3. The first-order valence-corrected chi connectivity index (χ1v) is 9.11. The number of benzene rings is 3. The van der Waals surface area contributed by atoms with E-state index in [0.29, 0.717) is 23.2 Å². The average Bonchev–Trinajstić information content (AvgIpc) is 2.73. The van der Waals surface area contributed by atoms with Crippen LogP contribution in [-0.2, 0) is 6.42 Å². The van der Waals surface area contributed by atoms with Crippen LogP contribution in [-0.4, -0.2) is 17.5 Å². The van der Waals surface area contributed by atoms with E-state index in [1.54, 1.807) is 19.1 Å². The monoisotopic (exact) mass is 370 g/mol. The van der Waals surface area contributed by atoms with Crippen molar-refractivity contribution in [1.82, 2.24) is 0 Å². The molecular formula is C24H22N2O2. The molecule has 0 spiro atoms. The summed E-state index contributed by atoms with van der Waals surface area (Å²) in [5, 5.41) is 18.4. The third kappa shape index (κ3) is 4.30. The van der Waals surface area contributed by atoms with Crippen LogP contribution in [0.1, 0.15) is 22.8 Å². The predicted molar refractivity (Wildman–Crippen MR) is 112 cm³/mol. The summed E-state index contributed by atoms with van der Waals surface area (Å²) in [6.45, 7) is 5.40. The summed E-state index contributed by atoms with van der Waals surface area (Å²) in [4.78, 5) is 12.7. The molecule has 0 saturated carbocycles. The molecule has 28 heavy (non-hydrogen) atoms. The van der Waals surface area contributed by atoms with E-state index in [1.165, 1.54) is 0 Å². The summed E-state index contributed by atoms with van der Waals surface area (Å²) in [6.07, 6.45) is 0.341. The molecule has 4 nitrogen and oxygen atoms in total. The fourth-order valence-electron chi connectivity index (χ4n) is 3.07. The van der Waals surface area contributed by atoms with Crippen LogP contribution in [0.15, 0.2) is 95.2 Å². The summed E-state index contributed by atoms with van der Waals surface area (Å²) in [5.41, 5.74) is 4.87. The highest BCUT2D eigenvalue weighted by molar-refractivity contribution is 6.10. The predicted octanol–water partition coefficient (Wildman–Crippen LogP) is 6.06. The normalized spacial score (nSPS) is 10.9. The van der Waals surface area contributed by atoms with Crippen LogP contribution in [0.3, 0.4) is 0 Å². The molecule has 0 aromatic heterocycles. The number of Topliss-reactive ketones (excluding diaryl/α,β-unsaturated/α-hetero) is 1. The summed E-state index contributed by atoms with van der Waals surface area (Å²) < 4.78 is 0. The van der Waals surface area contributed by atoms with Gasteiger partial charge in [-0.25, -0.2) is 0 Å². The minimum atomic E-state index is -0.132. The van der Waals surface area contributed by atoms with Gasteiger partial charge in [0.15, 0.2) is 5.78 Å². The number of aliphatic hydroxyl groups excluding tert-OH is 1. The molecule has 0 saturated heterocycles. The van der Waals surface area contributed by atoms with Crippen molar-refractivity contribution < 1.29 is 9.90 Å². The van der Waals surface area contributed by atoms with Crippen molar-refractivity contribution in [3.8, 4) is 11.1 Å². The molecule has 4 heteroatoms. The second-order valence-corrected chi connectivity index (χ2v) is 6.47. The van der Waals surface area contributed by atoms with E-state index in [-0.39, 0.29) is 12.4 Å². The minimum Gasteiger partial charge on any atom is -0.396 e. The Bertz CT molecular complexity index is 1010. The molecule has 0 atom stereocenters. The van der Waals surface area contributed by atoms with Gasteiger partial charge in [-0.05, 0) is 54.3 Å². The molecule has 3 aromatic carbocycles. The van der Waals surface area contributed by atoms with E-state index in [4.69, 9.17) is 0 Å². The quantitative estimate of drug-likeness (QED) is 0.312. The molecular weight excluding hydrogens is 348 g/mol. The minimum absolute atomic E-state index is 0.0738. The molecule has 0 fully saturated rings. The second kappa shape index (κ2) is 9.02. The number of allylic oxidation sites excluding steroid dienone is 1. The Hall–Kier alpha value is -3.37. The van der Waals surface area contributed by atoms with E-state index in [1.807, 2.05) is 60.7 Å².